The van der Waals surface area contributed by atoms with E-state index < -0.39 is 6.29 Å². The number of esters is 1. The zero-order valence-corrected chi connectivity index (χ0v) is 16.4. The molecule has 0 fully saturated rings. The first-order valence-corrected chi connectivity index (χ1v) is 10.1. The van der Waals surface area contributed by atoms with E-state index in [2.05, 4.69) is 13.5 Å². The van der Waals surface area contributed by atoms with Crippen LogP contribution >= 0.6 is 0 Å². The summed E-state index contributed by atoms with van der Waals surface area (Å²) in [6, 6.07) is 0. The van der Waals surface area contributed by atoms with Gasteiger partial charge in [-0.25, -0.2) is 4.79 Å². The van der Waals surface area contributed by atoms with Crippen LogP contribution < -0.4 is 0 Å². The lowest BCUT2D eigenvalue weighted by molar-refractivity contribution is -0.170. The Morgan fingerprint density at radius 2 is 1.25 bits per heavy atom. The second kappa shape index (κ2) is 17.0. The van der Waals surface area contributed by atoms with Crippen molar-refractivity contribution in [2.75, 3.05) is 6.61 Å². The molecule has 0 radical (unpaired) electrons. The van der Waals surface area contributed by atoms with Gasteiger partial charge in [-0.2, -0.15) is 0 Å². The SMILES string of the molecule is C=C(C)C(=O)OC(C)OCCCCCCCCCCCCCCC. The fourth-order valence-corrected chi connectivity index (χ4v) is 2.65. The predicted octanol–water partition coefficient (Wildman–Crippen LogP) is 6.56. The highest BCUT2D eigenvalue weighted by atomic mass is 16.7. The Balaban J connectivity index is 3.20. The van der Waals surface area contributed by atoms with Crippen molar-refractivity contribution in [1.29, 1.82) is 0 Å². The van der Waals surface area contributed by atoms with Gasteiger partial charge in [0, 0.05) is 5.57 Å². The van der Waals surface area contributed by atoms with E-state index in [1.54, 1.807) is 13.8 Å². The molecule has 0 aliphatic carbocycles. The van der Waals surface area contributed by atoms with Gasteiger partial charge in [-0.05, 0) is 20.3 Å². The maximum Gasteiger partial charge on any atom is 0.335 e. The molecule has 0 aromatic carbocycles. The normalized spacial score (nSPS) is 12.1. The lowest BCUT2D eigenvalue weighted by Crippen LogP contribution is -2.18. The molecule has 0 aliphatic heterocycles. The zero-order valence-electron chi connectivity index (χ0n) is 16.4. The van der Waals surface area contributed by atoms with Gasteiger partial charge in [-0.1, -0.05) is 90.6 Å². The summed E-state index contributed by atoms with van der Waals surface area (Å²) in [5.41, 5.74) is 0.409. The van der Waals surface area contributed by atoms with Crippen LogP contribution in [0.5, 0.6) is 0 Å². The molecule has 0 N–H and O–H groups in total. The Labute approximate surface area is 150 Å². The third-order valence-electron chi connectivity index (χ3n) is 4.22. The summed E-state index contributed by atoms with van der Waals surface area (Å²) in [5, 5.41) is 0. The fourth-order valence-electron chi connectivity index (χ4n) is 2.65. The summed E-state index contributed by atoms with van der Waals surface area (Å²) in [5.74, 6) is -0.382. The number of ether oxygens (including phenoxy) is 2. The summed E-state index contributed by atoms with van der Waals surface area (Å²) < 4.78 is 10.5. The van der Waals surface area contributed by atoms with Gasteiger partial charge in [0.2, 0.25) is 0 Å². The van der Waals surface area contributed by atoms with Crippen LogP contribution in [-0.2, 0) is 14.3 Å². The van der Waals surface area contributed by atoms with Crippen molar-refractivity contribution >= 4 is 5.97 Å². The van der Waals surface area contributed by atoms with E-state index >= 15 is 0 Å². The van der Waals surface area contributed by atoms with Crippen LogP contribution in [0, 0.1) is 0 Å². The highest BCUT2D eigenvalue weighted by Gasteiger charge is 2.09. The van der Waals surface area contributed by atoms with E-state index in [0.717, 1.165) is 6.42 Å². The van der Waals surface area contributed by atoms with Crippen molar-refractivity contribution in [3.63, 3.8) is 0 Å². The smallest absolute Gasteiger partial charge is 0.335 e. The minimum atomic E-state index is -0.480. The number of hydrogen-bond donors (Lipinski definition) is 0. The van der Waals surface area contributed by atoms with Crippen molar-refractivity contribution in [3.8, 4) is 0 Å². The monoisotopic (exact) mass is 340 g/mol. The van der Waals surface area contributed by atoms with Gasteiger partial charge in [-0.3, -0.25) is 0 Å². The molecule has 0 aromatic heterocycles. The molecule has 0 saturated carbocycles. The largest absolute Gasteiger partial charge is 0.433 e. The maximum atomic E-state index is 11.3. The second-order valence-corrected chi connectivity index (χ2v) is 6.87. The molecule has 0 heterocycles. The summed E-state index contributed by atoms with van der Waals surface area (Å²) in [6.45, 7) is 9.87. The zero-order chi connectivity index (χ0) is 18.0. The van der Waals surface area contributed by atoms with Gasteiger partial charge in [0.1, 0.15) is 0 Å². The van der Waals surface area contributed by atoms with Crippen molar-refractivity contribution in [3.05, 3.63) is 12.2 Å². The van der Waals surface area contributed by atoms with Crippen LogP contribution in [0.2, 0.25) is 0 Å². The quantitative estimate of drug-likeness (QED) is 0.130. The molecule has 0 spiro atoms. The maximum absolute atomic E-state index is 11.3. The van der Waals surface area contributed by atoms with Crippen molar-refractivity contribution < 1.29 is 14.3 Å². The van der Waals surface area contributed by atoms with Gasteiger partial charge in [0.05, 0.1) is 6.61 Å². The minimum absolute atomic E-state index is 0.382. The Kier molecular flexibility index (Phi) is 16.4. The highest BCUT2D eigenvalue weighted by Crippen LogP contribution is 2.12. The number of carbonyl (C=O) groups is 1. The van der Waals surface area contributed by atoms with E-state index in [4.69, 9.17) is 9.47 Å². The molecule has 0 bridgehead atoms. The number of rotatable bonds is 17. The molecular formula is C21H40O3. The highest BCUT2D eigenvalue weighted by molar-refractivity contribution is 5.86. The van der Waals surface area contributed by atoms with E-state index in [1.807, 2.05) is 0 Å². The standard InChI is InChI=1S/C21H40O3/c1-5-6-7-8-9-10-11-12-13-14-15-16-17-18-23-20(4)24-21(22)19(2)3/h20H,2,5-18H2,1,3-4H3. The van der Waals surface area contributed by atoms with Gasteiger partial charge in [0.15, 0.2) is 6.29 Å². The molecule has 0 aliphatic rings. The molecule has 1 unspecified atom stereocenters. The average Bonchev–Trinajstić information content (AvgIpc) is 2.55. The number of unbranched alkanes of at least 4 members (excludes halogenated alkanes) is 12. The molecule has 0 saturated heterocycles. The topological polar surface area (TPSA) is 35.5 Å². The summed E-state index contributed by atoms with van der Waals surface area (Å²) >= 11 is 0. The first-order chi connectivity index (χ1) is 11.6. The molecular weight excluding hydrogens is 300 g/mol. The molecule has 3 heteroatoms. The Hall–Kier alpha value is -0.830. The van der Waals surface area contributed by atoms with Crippen LogP contribution in [-0.4, -0.2) is 18.9 Å². The lowest BCUT2D eigenvalue weighted by Gasteiger charge is -2.13. The van der Waals surface area contributed by atoms with Gasteiger partial charge in [-0.15, -0.1) is 0 Å². The van der Waals surface area contributed by atoms with E-state index in [-0.39, 0.29) is 5.97 Å². The molecule has 0 amide bonds. The van der Waals surface area contributed by atoms with Gasteiger partial charge < -0.3 is 9.47 Å². The van der Waals surface area contributed by atoms with E-state index in [1.165, 1.54) is 77.0 Å². The van der Waals surface area contributed by atoms with Crippen LogP contribution in [0.4, 0.5) is 0 Å². The lowest BCUT2D eigenvalue weighted by atomic mass is 10.0. The molecule has 24 heavy (non-hydrogen) atoms. The van der Waals surface area contributed by atoms with Gasteiger partial charge >= 0.3 is 5.97 Å². The summed E-state index contributed by atoms with van der Waals surface area (Å²) in [7, 11) is 0. The summed E-state index contributed by atoms with van der Waals surface area (Å²) in [4.78, 5) is 11.3. The van der Waals surface area contributed by atoms with Crippen LogP contribution in [0.1, 0.15) is 104 Å². The Morgan fingerprint density at radius 1 is 0.833 bits per heavy atom. The molecule has 0 rings (SSSR count). The first kappa shape index (κ1) is 23.2. The van der Waals surface area contributed by atoms with Crippen LogP contribution in [0.25, 0.3) is 0 Å². The van der Waals surface area contributed by atoms with Crippen molar-refractivity contribution in [2.45, 2.75) is 111 Å². The second-order valence-electron chi connectivity index (χ2n) is 6.87. The Bertz CT molecular complexity index is 312. The predicted molar refractivity (Wildman–Crippen MR) is 102 cm³/mol. The van der Waals surface area contributed by atoms with Crippen LogP contribution in [0.15, 0.2) is 12.2 Å². The molecule has 1 atom stereocenters. The number of hydrogen-bond acceptors (Lipinski definition) is 3. The minimum Gasteiger partial charge on any atom is -0.433 e. The average molecular weight is 341 g/mol. The van der Waals surface area contributed by atoms with Crippen molar-refractivity contribution in [1.82, 2.24) is 0 Å². The first-order valence-electron chi connectivity index (χ1n) is 10.1. The molecule has 142 valence electrons. The van der Waals surface area contributed by atoms with Crippen LogP contribution in [0.3, 0.4) is 0 Å². The van der Waals surface area contributed by atoms with E-state index in [0.29, 0.717) is 12.2 Å². The van der Waals surface area contributed by atoms with Gasteiger partial charge in [0.25, 0.3) is 0 Å². The molecule has 0 aromatic rings. The van der Waals surface area contributed by atoms with Crippen molar-refractivity contribution in [2.24, 2.45) is 0 Å². The Morgan fingerprint density at radius 3 is 1.67 bits per heavy atom. The van der Waals surface area contributed by atoms with E-state index in [9.17, 15) is 4.79 Å². The fraction of sp³-hybridized carbons (Fsp3) is 0.857. The summed E-state index contributed by atoms with van der Waals surface area (Å²) in [6.07, 6.45) is 16.9. The third kappa shape index (κ3) is 16.0. The third-order valence-corrected chi connectivity index (χ3v) is 4.22. The number of carbonyl (C=O) groups excluding carboxylic acids is 1. The molecule has 3 nitrogen and oxygen atoms in total.